The predicted octanol–water partition coefficient (Wildman–Crippen LogP) is 2.29. The van der Waals surface area contributed by atoms with Crippen LogP contribution in [0.25, 0.3) is 0 Å². The van der Waals surface area contributed by atoms with Crippen LogP contribution in [0.1, 0.15) is 31.2 Å². The zero-order valence-electron chi connectivity index (χ0n) is 9.86. The van der Waals surface area contributed by atoms with Gasteiger partial charge < -0.3 is 11.1 Å². The molecule has 2 heteroatoms. The summed E-state index contributed by atoms with van der Waals surface area (Å²) in [5.41, 5.74) is 7.27. The Bertz CT molecular complexity index is 289. The SMILES string of the molecule is N[C@H]1CC[C@@H](CNCc2ccccc2)CC1. The van der Waals surface area contributed by atoms with E-state index in [1.807, 2.05) is 0 Å². The Morgan fingerprint density at radius 3 is 2.44 bits per heavy atom. The van der Waals surface area contributed by atoms with Gasteiger partial charge in [0.15, 0.2) is 0 Å². The number of benzene rings is 1. The van der Waals surface area contributed by atoms with Crippen LogP contribution in [0.3, 0.4) is 0 Å². The van der Waals surface area contributed by atoms with Gasteiger partial charge in [0.25, 0.3) is 0 Å². The topological polar surface area (TPSA) is 38.0 Å². The minimum atomic E-state index is 0.463. The highest BCUT2D eigenvalue weighted by molar-refractivity contribution is 5.14. The molecule has 88 valence electrons. The summed E-state index contributed by atoms with van der Waals surface area (Å²) in [5, 5.41) is 3.55. The first-order valence-electron chi connectivity index (χ1n) is 6.35. The number of hydrogen-bond acceptors (Lipinski definition) is 2. The molecule has 1 saturated carbocycles. The minimum absolute atomic E-state index is 0.463. The first kappa shape index (κ1) is 11.6. The second-order valence-corrected chi connectivity index (χ2v) is 4.90. The van der Waals surface area contributed by atoms with Gasteiger partial charge in [-0.15, -0.1) is 0 Å². The summed E-state index contributed by atoms with van der Waals surface area (Å²) in [6, 6.07) is 11.1. The third-order valence-electron chi connectivity index (χ3n) is 3.50. The molecule has 0 radical (unpaired) electrons. The van der Waals surface area contributed by atoms with Gasteiger partial charge in [0.2, 0.25) is 0 Å². The Labute approximate surface area is 98.2 Å². The van der Waals surface area contributed by atoms with Gasteiger partial charge in [-0.2, -0.15) is 0 Å². The molecule has 0 aromatic heterocycles. The third-order valence-corrected chi connectivity index (χ3v) is 3.50. The van der Waals surface area contributed by atoms with Crippen LogP contribution in [0.15, 0.2) is 30.3 Å². The van der Waals surface area contributed by atoms with Crippen molar-refractivity contribution < 1.29 is 0 Å². The van der Waals surface area contributed by atoms with Crippen LogP contribution < -0.4 is 11.1 Å². The molecule has 0 saturated heterocycles. The van der Waals surface area contributed by atoms with Crippen molar-refractivity contribution in [2.24, 2.45) is 11.7 Å². The van der Waals surface area contributed by atoms with Crippen LogP contribution in [0.2, 0.25) is 0 Å². The molecule has 0 unspecified atom stereocenters. The molecule has 0 amide bonds. The minimum Gasteiger partial charge on any atom is -0.328 e. The lowest BCUT2D eigenvalue weighted by atomic mass is 9.86. The van der Waals surface area contributed by atoms with E-state index in [9.17, 15) is 0 Å². The van der Waals surface area contributed by atoms with E-state index in [1.165, 1.54) is 31.2 Å². The summed E-state index contributed by atoms with van der Waals surface area (Å²) in [4.78, 5) is 0. The highest BCUT2D eigenvalue weighted by Crippen LogP contribution is 2.22. The standard InChI is InChI=1S/C14H22N2/c15-14-8-6-13(7-9-14)11-16-10-12-4-2-1-3-5-12/h1-5,13-14,16H,6-11,15H2/t13-,14+. The molecule has 0 bridgehead atoms. The van der Waals surface area contributed by atoms with Crippen molar-refractivity contribution in [3.05, 3.63) is 35.9 Å². The Morgan fingerprint density at radius 2 is 1.75 bits per heavy atom. The Balaban J connectivity index is 1.65. The fourth-order valence-corrected chi connectivity index (χ4v) is 2.41. The van der Waals surface area contributed by atoms with Gasteiger partial charge in [-0.1, -0.05) is 30.3 Å². The van der Waals surface area contributed by atoms with Crippen LogP contribution in [0.4, 0.5) is 0 Å². The summed E-state index contributed by atoms with van der Waals surface area (Å²) in [6.45, 7) is 2.13. The number of rotatable bonds is 4. The van der Waals surface area contributed by atoms with Crippen molar-refractivity contribution in [2.75, 3.05) is 6.54 Å². The maximum absolute atomic E-state index is 5.90. The normalized spacial score (nSPS) is 25.6. The molecule has 1 aromatic rings. The van der Waals surface area contributed by atoms with Crippen LogP contribution in [-0.4, -0.2) is 12.6 Å². The van der Waals surface area contributed by atoms with Gasteiger partial charge in [-0.25, -0.2) is 0 Å². The second-order valence-electron chi connectivity index (χ2n) is 4.90. The summed E-state index contributed by atoms with van der Waals surface area (Å²) < 4.78 is 0. The molecule has 16 heavy (non-hydrogen) atoms. The van der Waals surface area contributed by atoms with Crippen molar-refractivity contribution >= 4 is 0 Å². The van der Waals surface area contributed by atoms with E-state index in [2.05, 4.69) is 35.6 Å². The quantitative estimate of drug-likeness (QED) is 0.813. The van der Waals surface area contributed by atoms with Crippen molar-refractivity contribution in [3.8, 4) is 0 Å². The van der Waals surface area contributed by atoms with E-state index >= 15 is 0 Å². The third kappa shape index (κ3) is 3.62. The van der Waals surface area contributed by atoms with E-state index in [4.69, 9.17) is 5.73 Å². The highest BCUT2D eigenvalue weighted by Gasteiger charge is 2.17. The molecular weight excluding hydrogens is 196 g/mol. The molecular formula is C14H22N2. The van der Waals surface area contributed by atoms with E-state index in [-0.39, 0.29) is 0 Å². The molecule has 0 heterocycles. The zero-order chi connectivity index (χ0) is 11.2. The number of nitrogens with one attached hydrogen (secondary N) is 1. The van der Waals surface area contributed by atoms with Gasteiger partial charge >= 0.3 is 0 Å². The van der Waals surface area contributed by atoms with Crippen LogP contribution in [-0.2, 0) is 6.54 Å². The van der Waals surface area contributed by atoms with Gasteiger partial charge in [0, 0.05) is 12.6 Å². The molecule has 0 aliphatic heterocycles. The smallest absolute Gasteiger partial charge is 0.0205 e. The van der Waals surface area contributed by atoms with E-state index < -0.39 is 0 Å². The van der Waals surface area contributed by atoms with Gasteiger partial charge in [0.1, 0.15) is 0 Å². The van der Waals surface area contributed by atoms with E-state index in [1.54, 1.807) is 0 Å². The summed E-state index contributed by atoms with van der Waals surface area (Å²) >= 11 is 0. The first-order valence-corrected chi connectivity index (χ1v) is 6.35. The van der Waals surface area contributed by atoms with Crippen molar-refractivity contribution in [3.63, 3.8) is 0 Å². The Hall–Kier alpha value is -0.860. The van der Waals surface area contributed by atoms with Crippen LogP contribution in [0.5, 0.6) is 0 Å². The molecule has 0 atom stereocenters. The lowest BCUT2D eigenvalue weighted by Crippen LogP contribution is -2.31. The van der Waals surface area contributed by atoms with E-state index in [0.717, 1.165) is 19.0 Å². The van der Waals surface area contributed by atoms with Crippen LogP contribution in [0, 0.1) is 5.92 Å². The van der Waals surface area contributed by atoms with Crippen molar-refractivity contribution in [1.82, 2.24) is 5.32 Å². The monoisotopic (exact) mass is 218 g/mol. The van der Waals surface area contributed by atoms with Crippen molar-refractivity contribution in [1.29, 1.82) is 0 Å². The number of nitrogens with two attached hydrogens (primary N) is 1. The highest BCUT2D eigenvalue weighted by atomic mass is 14.9. The fraction of sp³-hybridized carbons (Fsp3) is 0.571. The summed E-state index contributed by atoms with van der Waals surface area (Å²) in [6.07, 6.45) is 5.00. The first-order chi connectivity index (χ1) is 7.84. The molecule has 1 aliphatic rings. The molecule has 2 rings (SSSR count). The van der Waals surface area contributed by atoms with Crippen molar-refractivity contribution in [2.45, 2.75) is 38.3 Å². The summed E-state index contributed by atoms with van der Waals surface area (Å²) in [5.74, 6) is 0.837. The summed E-state index contributed by atoms with van der Waals surface area (Å²) in [7, 11) is 0. The molecule has 1 aromatic carbocycles. The maximum Gasteiger partial charge on any atom is 0.0205 e. The fourth-order valence-electron chi connectivity index (χ4n) is 2.41. The lowest BCUT2D eigenvalue weighted by Gasteiger charge is -2.26. The Morgan fingerprint density at radius 1 is 1.06 bits per heavy atom. The molecule has 1 aliphatic carbocycles. The molecule has 3 N–H and O–H groups in total. The molecule has 2 nitrogen and oxygen atoms in total. The van der Waals surface area contributed by atoms with Gasteiger partial charge in [-0.3, -0.25) is 0 Å². The molecule has 0 spiro atoms. The lowest BCUT2D eigenvalue weighted by molar-refractivity contribution is 0.314. The average Bonchev–Trinajstić information content (AvgIpc) is 2.33. The van der Waals surface area contributed by atoms with E-state index in [0.29, 0.717) is 6.04 Å². The Kier molecular flexibility index (Phi) is 4.37. The predicted molar refractivity (Wildman–Crippen MR) is 68.1 cm³/mol. The largest absolute Gasteiger partial charge is 0.328 e. The maximum atomic E-state index is 5.90. The van der Waals surface area contributed by atoms with Crippen LogP contribution >= 0.6 is 0 Å². The average molecular weight is 218 g/mol. The zero-order valence-corrected chi connectivity index (χ0v) is 9.86. The second kappa shape index (κ2) is 6.02. The van der Waals surface area contributed by atoms with Gasteiger partial charge in [0.05, 0.1) is 0 Å². The molecule has 1 fully saturated rings. The van der Waals surface area contributed by atoms with Gasteiger partial charge in [-0.05, 0) is 43.7 Å². The number of hydrogen-bond donors (Lipinski definition) is 2.